The molecule has 2 N–H and O–H groups in total. The van der Waals surface area contributed by atoms with Crippen LogP contribution in [0.5, 0.6) is 0 Å². The van der Waals surface area contributed by atoms with Gasteiger partial charge in [0.25, 0.3) is 0 Å². The van der Waals surface area contributed by atoms with Gasteiger partial charge < -0.3 is 10.2 Å². The van der Waals surface area contributed by atoms with Crippen molar-refractivity contribution in [1.82, 2.24) is 0 Å². The first-order chi connectivity index (χ1) is 12.0. The van der Waals surface area contributed by atoms with E-state index >= 15 is 0 Å². The molecule has 3 saturated carbocycles. The molecule has 3 fully saturated rings. The van der Waals surface area contributed by atoms with Crippen molar-refractivity contribution < 1.29 is 19.8 Å². The number of fused-ring (bicyclic) bond motifs is 5. The number of rotatable bonds is 1. The first-order valence-corrected chi connectivity index (χ1v) is 10.2. The molecule has 0 aromatic carbocycles. The van der Waals surface area contributed by atoms with E-state index in [-0.39, 0.29) is 28.8 Å². The fourth-order valence-electron chi connectivity index (χ4n) is 7.70. The molecule has 4 rings (SSSR count). The van der Waals surface area contributed by atoms with Gasteiger partial charge in [0.2, 0.25) is 0 Å². The number of carbonyl (C=O) groups excluding carboxylic acids is 2. The Morgan fingerprint density at radius 1 is 1.27 bits per heavy atom. The van der Waals surface area contributed by atoms with E-state index in [2.05, 4.69) is 13.8 Å². The number of aliphatic hydroxyl groups excluding tert-OH is 1. The molecule has 8 atom stereocenters. The predicted molar refractivity (Wildman–Crippen MR) is 98.3 cm³/mol. The summed E-state index contributed by atoms with van der Waals surface area (Å²) in [5.74, 6) is 1.03. The Hall–Kier alpha value is -1.00. The summed E-state index contributed by atoms with van der Waals surface area (Å²) in [6.45, 7) is 7.94. The summed E-state index contributed by atoms with van der Waals surface area (Å²) in [6.07, 6.45) is 5.44. The molecule has 0 aliphatic heterocycles. The summed E-state index contributed by atoms with van der Waals surface area (Å²) >= 11 is 0. The van der Waals surface area contributed by atoms with Crippen molar-refractivity contribution in [2.45, 2.75) is 77.9 Å². The highest BCUT2D eigenvalue weighted by Gasteiger charge is 2.68. The maximum absolute atomic E-state index is 12.3. The summed E-state index contributed by atoms with van der Waals surface area (Å²) in [5, 5.41) is 22.5. The van der Waals surface area contributed by atoms with Gasteiger partial charge in [0.05, 0.1) is 6.10 Å². The zero-order valence-corrected chi connectivity index (χ0v) is 16.4. The van der Waals surface area contributed by atoms with Gasteiger partial charge in [-0.05, 0) is 74.2 Å². The number of aliphatic hydroxyl groups is 2. The van der Waals surface area contributed by atoms with E-state index in [4.69, 9.17) is 0 Å². The second-order valence-electron chi connectivity index (χ2n) is 10.1. The lowest BCUT2D eigenvalue weighted by atomic mass is 9.44. The lowest BCUT2D eigenvalue weighted by molar-refractivity contribution is -0.181. The van der Waals surface area contributed by atoms with Crippen molar-refractivity contribution in [3.63, 3.8) is 0 Å². The highest BCUT2D eigenvalue weighted by molar-refractivity contribution is 5.91. The Morgan fingerprint density at radius 3 is 2.62 bits per heavy atom. The largest absolute Gasteiger partial charge is 0.393 e. The fourth-order valence-corrected chi connectivity index (χ4v) is 7.70. The number of allylic oxidation sites excluding steroid dienone is 1. The van der Waals surface area contributed by atoms with Crippen LogP contribution in [0.1, 0.15) is 66.2 Å². The van der Waals surface area contributed by atoms with Gasteiger partial charge in [0.15, 0.2) is 11.6 Å². The van der Waals surface area contributed by atoms with Crippen molar-refractivity contribution in [3.05, 3.63) is 11.6 Å². The lowest BCUT2D eigenvalue weighted by Gasteiger charge is -2.61. The highest BCUT2D eigenvalue weighted by atomic mass is 16.3. The highest BCUT2D eigenvalue weighted by Crippen LogP contribution is 2.68. The Morgan fingerprint density at radius 2 is 1.96 bits per heavy atom. The normalized spacial score (nSPS) is 53.4. The molecule has 0 bridgehead atoms. The van der Waals surface area contributed by atoms with Crippen LogP contribution in [-0.4, -0.2) is 33.5 Å². The molecule has 4 aliphatic carbocycles. The number of carbonyl (C=O) groups is 2. The van der Waals surface area contributed by atoms with Crippen LogP contribution in [0.4, 0.5) is 0 Å². The fraction of sp³-hybridized carbons (Fsp3) is 0.818. The zero-order valence-electron chi connectivity index (χ0n) is 16.4. The Labute approximate surface area is 156 Å². The van der Waals surface area contributed by atoms with Crippen molar-refractivity contribution in [3.8, 4) is 0 Å². The molecule has 0 spiro atoms. The number of Topliss-reactive ketones (excluding diaryl/α,β-unsaturated/α-hetero) is 1. The van der Waals surface area contributed by atoms with Gasteiger partial charge >= 0.3 is 0 Å². The summed E-state index contributed by atoms with van der Waals surface area (Å²) in [5.41, 5.74) is -0.792. The second kappa shape index (κ2) is 5.51. The smallest absolute Gasteiger partial charge is 0.161 e. The van der Waals surface area contributed by atoms with Crippen molar-refractivity contribution in [1.29, 1.82) is 0 Å². The summed E-state index contributed by atoms with van der Waals surface area (Å²) < 4.78 is 0. The van der Waals surface area contributed by atoms with Crippen LogP contribution in [0.3, 0.4) is 0 Å². The zero-order chi connectivity index (χ0) is 19.1. The number of hydrogen-bond donors (Lipinski definition) is 2. The molecule has 4 aliphatic rings. The Kier molecular flexibility index (Phi) is 3.89. The van der Waals surface area contributed by atoms with E-state index in [1.165, 1.54) is 12.5 Å². The minimum atomic E-state index is -1.31. The van der Waals surface area contributed by atoms with Crippen LogP contribution in [0.2, 0.25) is 0 Å². The predicted octanol–water partition coefficient (Wildman–Crippen LogP) is 3.06. The van der Waals surface area contributed by atoms with Crippen LogP contribution in [0.25, 0.3) is 0 Å². The molecule has 4 heteroatoms. The molecule has 144 valence electrons. The standard InChI is InChI=1S/C22H32O4/c1-12-9-15-16-6-8-22(26,13(2)23)21(16,4)11-18(25)19(15)20(3)7-5-14(24)10-17(12)20/h10,12,15-16,18-19,25-26H,5-9,11H2,1-4H3/t12-,15-,16-,18+,19+,20-,21-,22-/m1/s1. The van der Waals surface area contributed by atoms with E-state index in [1.54, 1.807) is 0 Å². The van der Waals surface area contributed by atoms with Crippen LogP contribution in [0, 0.1) is 34.5 Å². The first-order valence-electron chi connectivity index (χ1n) is 10.2. The van der Waals surface area contributed by atoms with Gasteiger partial charge in [-0.3, -0.25) is 9.59 Å². The average Bonchev–Trinajstić information content (AvgIpc) is 2.81. The van der Waals surface area contributed by atoms with Gasteiger partial charge in [0, 0.05) is 11.8 Å². The molecule has 26 heavy (non-hydrogen) atoms. The summed E-state index contributed by atoms with van der Waals surface area (Å²) in [7, 11) is 0. The molecule has 0 aromatic rings. The molecule has 0 radical (unpaired) electrons. The SMILES string of the molecule is CC(=O)[C@]1(O)CC[C@@H]2[C@H]3C[C@@H](C)C4=CC(=O)CC[C@@]4(C)[C@@H]3[C@@H](O)C[C@]21C. The maximum atomic E-state index is 12.3. The molecule has 0 heterocycles. The number of ketones is 2. The third-order valence-electron chi connectivity index (χ3n) is 8.95. The average molecular weight is 360 g/mol. The molecular formula is C22H32O4. The third kappa shape index (κ3) is 2.09. The summed E-state index contributed by atoms with van der Waals surface area (Å²) in [6, 6.07) is 0. The van der Waals surface area contributed by atoms with Crippen LogP contribution < -0.4 is 0 Å². The maximum Gasteiger partial charge on any atom is 0.161 e. The molecule has 0 aromatic heterocycles. The minimum absolute atomic E-state index is 0.116. The Bertz CT molecular complexity index is 696. The Balaban J connectivity index is 1.79. The monoisotopic (exact) mass is 360 g/mol. The molecule has 0 unspecified atom stereocenters. The van der Waals surface area contributed by atoms with Gasteiger partial charge in [-0.25, -0.2) is 0 Å². The first kappa shape index (κ1) is 18.4. The quantitative estimate of drug-likeness (QED) is 0.754. The van der Waals surface area contributed by atoms with Crippen molar-refractivity contribution in [2.24, 2.45) is 34.5 Å². The van der Waals surface area contributed by atoms with Crippen LogP contribution in [0.15, 0.2) is 11.6 Å². The van der Waals surface area contributed by atoms with E-state index in [9.17, 15) is 19.8 Å². The van der Waals surface area contributed by atoms with Crippen LogP contribution >= 0.6 is 0 Å². The van der Waals surface area contributed by atoms with E-state index in [1.807, 2.05) is 13.0 Å². The van der Waals surface area contributed by atoms with E-state index in [0.717, 1.165) is 19.3 Å². The summed E-state index contributed by atoms with van der Waals surface area (Å²) in [4.78, 5) is 24.3. The van der Waals surface area contributed by atoms with Crippen molar-refractivity contribution >= 4 is 11.6 Å². The van der Waals surface area contributed by atoms with Gasteiger partial charge in [-0.15, -0.1) is 0 Å². The van der Waals surface area contributed by atoms with E-state index < -0.39 is 17.1 Å². The minimum Gasteiger partial charge on any atom is -0.393 e. The molecule has 0 amide bonds. The van der Waals surface area contributed by atoms with Gasteiger partial charge in [-0.2, -0.15) is 0 Å². The number of hydrogen-bond acceptors (Lipinski definition) is 4. The van der Waals surface area contributed by atoms with Crippen LogP contribution in [-0.2, 0) is 9.59 Å². The molecular weight excluding hydrogens is 328 g/mol. The lowest BCUT2D eigenvalue weighted by Crippen LogP contribution is -2.62. The second-order valence-corrected chi connectivity index (χ2v) is 10.1. The van der Waals surface area contributed by atoms with E-state index in [0.29, 0.717) is 31.1 Å². The third-order valence-corrected chi connectivity index (χ3v) is 8.95. The van der Waals surface area contributed by atoms with Crippen molar-refractivity contribution in [2.75, 3.05) is 0 Å². The van der Waals surface area contributed by atoms with Gasteiger partial charge in [0.1, 0.15) is 5.60 Å². The molecule has 0 saturated heterocycles. The van der Waals surface area contributed by atoms with Gasteiger partial charge in [-0.1, -0.05) is 26.3 Å². The topological polar surface area (TPSA) is 74.6 Å². The molecule has 4 nitrogen and oxygen atoms in total.